The van der Waals surface area contributed by atoms with Gasteiger partial charge in [-0.05, 0) is 43.2 Å². The van der Waals surface area contributed by atoms with Crippen molar-refractivity contribution in [2.24, 2.45) is 0 Å². The molecule has 172 valence electrons. The third-order valence-electron chi connectivity index (χ3n) is 4.51. The first kappa shape index (κ1) is 25.1. The highest BCUT2D eigenvalue weighted by Gasteiger charge is 2.16. The molecular weight excluding hydrogens is 422 g/mol. The molecule has 0 bridgehead atoms. The molecule has 0 atom stereocenters. The minimum Gasteiger partial charge on any atom is -0.462 e. The van der Waals surface area contributed by atoms with Crippen LogP contribution >= 0.6 is 0 Å². The van der Waals surface area contributed by atoms with Crippen molar-refractivity contribution in [2.45, 2.75) is 33.2 Å². The molecule has 0 spiro atoms. The minimum atomic E-state index is -0.656. The van der Waals surface area contributed by atoms with Crippen molar-refractivity contribution in [1.82, 2.24) is 5.32 Å². The van der Waals surface area contributed by atoms with Crippen molar-refractivity contribution < 1.29 is 23.9 Å². The van der Waals surface area contributed by atoms with Gasteiger partial charge in [-0.15, -0.1) is 0 Å². The number of nitrogens with one attached hydrogen (secondary N) is 2. The molecule has 2 N–H and O–H groups in total. The van der Waals surface area contributed by atoms with Crippen LogP contribution in [0, 0.1) is 11.3 Å². The third-order valence-corrected chi connectivity index (χ3v) is 4.51. The molecule has 0 aliphatic carbocycles. The molecule has 33 heavy (non-hydrogen) atoms. The third kappa shape index (κ3) is 7.82. The van der Waals surface area contributed by atoms with Crippen LogP contribution in [0.15, 0.2) is 60.3 Å². The van der Waals surface area contributed by atoms with Crippen LogP contribution in [0.3, 0.4) is 0 Å². The van der Waals surface area contributed by atoms with Gasteiger partial charge >= 0.3 is 11.9 Å². The Labute approximate surface area is 193 Å². The molecule has 8 nitrogen and oxygen atoms in total. The molecule has 1 amide bonds. The quantitative estimate of drug-likeness (QED) is 0.231. The fourth-order valence-corrected chi connectivity index (χ4v) is 2.74. The Kier molecular flexibility index (Phi) is 10.2. The summed E-state index contributed by atoms with van der Waals surface area (Å²) in [5.74, 6) is -1.59. The minimum absolute atomic E-state index is 0.160. The number of ether oxygens (including phenoxy) is 2. The van der Waals surface area contributed by atoms with E-state index in [0.717, 1.165) is 18.4 Å². The van der Waals surface area contributed by atoms with Crippen LogP contribution in [0.5, 0.6) is 0 Å². The molecule has 0 radical (unpaired) electrons. The van der Waals surface area contributed by atoms with E-state index in [9.17, 15) is 19.6 Å². The summed E-state index contributed by atoms with van der Waals surface area (Å²) < 4.78 is 10.2. The van der Waals surface area contributed by atoms with Gasteiger partial charge in [0.05, 0.1) is 30.0 Å². The Balaban J connectivity index is 1.99. The topological polar surface area (TPSA) is 118 Å². The number of esters is 2. The number of carbonyl (C=O) groups excluding carboxylic acids is 3. The van der Waals surface area contributed by atoms with Gasteiger partial charge in [0.25, 0.3) is 5.91 Å². The monoisotopic (exact) mass is 449 g/mol. The number of nitrogens with zero attached hydrogens (tertiary/aromatic N) is 1. The number of hydrogen-bond donors (Lipinski definition) is 2. The van der Waals surface area contributed by atoms with Crippen LogP contribution in [0.25, 0.3) is 0 Å². The second kappa shape index (κ2) is 13.3. The molecule has 8 heteroatoms. The van der Waals surface area contributed by atoms with Gasteiger partial charge in [0.1, 0.15) is 11.6 Å². The lowest BCUT2D eigenvalue weighted by Gasteiger charge is -2.11. The number of amides is 1. The molecule has 0 fully saturated rings. The van der Waals surface area contributed by atoms with Gasteiger partial charge in [-0.3, -0.25) is 4.79 Å². The largest absolute Gasteiger partial charge is 0.462 e. The number of rotatable bonds is 11. The maximum Gasteiger partial charge on any atom is 0.340 e. The van der Waals surface area contributed by atoms with Gasteiger partial charge < -0.3 is 20.1 Å². The van der Waals surface area contributed by atoms with Gasteiger partial charge in [0.2, 0.25) is 0 Å². The zero-order valence-corrected chi connectivity index (χ0v) is 18.7. The van der Waals surface area contributed by atoms with Gasteiger partial charge in [0.15, 0.2) is 0 Å². The van der Waals surface area contributed by atoms with Crippen molar-refractivity contribution in [3.8, 4) is 6.07 Å². The summed E-state index contributed by atoms with van der Waals surface area (Å²) in [4.78, 5) is 36.6. The van der Waals surface area contributed by atoms with Crippen LogP contribution in [0.4, 0.5) is 5.69 Å². The maximum absolute atomic E-state index is 12.6. The number of para-hydroxylation sites is 1. The lowest BCUT2D eigenvalue weighted by Crippen LogP contribution is -2.19. The average Bonchev–Trinajstić information content (AvgIpc) is 2.82. The summed E-state index contributed by atoms with van der Waals surface area (Å²) in [5, 5.41) is 14.9. The second-order valence-electron chi connectivity index (χ2n) is 6.96. The van der Waals surface area contributed by atoms with E-state index in [2.05, 4.69) is 10.6 Å². The standard InChI is InChI=1S/C25H27N3O5/c1-3-5-14-33-25(31)21-8-6-7-9-22(21)28-23(29)20(15-26)17-27-16-18-10-12-19(13-11-18)24(30)32-4-2/h6-13,17,27H,3-5,14,16H2,1-2H3,(H,28,29)/b20-17-. The average molecular weight is 450 g/mol. The molecule has 0 aliphatic heterocycles. The van der Waals surface area contributed by atoms with E-state index in [0.29, 0.717) is 25.3 Å². The van der Waals surface area contributed by atoms with Crippen LogP contribution < -0.4 is 10.6 Å². The molecule has 0 saturated carbocycles. The first-order valence-electron chi connectivity index (χ1n) is 10.7. The van der Waals surface area contributed by atoms with E-state index in [4.69, 9.17) is 9.47 Å². The predicted octanol–water partition coefficient (Wildman–Crippen LogP) is 3.96. The van der Waals surface area contributed by atoms with Crippen molar-refractivity contribution >= 4 is 23.5 Å². The van der Waals surface area contributed by atoms with Crippen molar-refractivity contribution in [3.05, 3.63) is 77.0 Å². The SMILES string of the molecule is CCCCOC(=O)c1ccccc1NC(=O)/C(C#N)=C\NCc1ccc(C(=O)OCC)cc1. The first-order chi connectivity index (χ1) is 16.0. The Hall–Kier alpha value is -4.12. The Morgan fingerprint density at radius 3 is 2.39 bits per heavy atom. The van der Waals surface area contributed by atoms with Crippen LogP contribution in [0.1, 0.15) is 53.0 Å². The summed E-state index contributed by atoms with van der Waals surface area (Å²) in [7, 11) is 0. The molecule has 0 heterocycles. The summed E-state index contributed by atoms with van der Waals surface area (Å²) in [6.07, 6.45) is 2.94. The van der Waals surface area contributed by atoms with Gasteiger partial charge in [-0.1, -0.05) is 37.6 Å². The smallest absolute Gasteiger partial charge is 0.340 e. The van der Waals surface area contributed by atoms with Gasteiger partial charge in [0, 0.05) is 12.7 Å². The molecule has 0 unspecified atom stereocenters. The molecule has 2 aromatic carbocycles. The molecule has 0 aliphatic rings. The number of anilines is 1. The number of benzene rings is 2. The van der Waals surface area contributed by atoms with E-state index < -0.39 is 17.8 Å². The van der Waals surface area contributed by atoms with E-state index in [1.807, 2.05) is 13.0 Å². The highest BCUT2D eigenvalue weighted by Crippen LogP contribution is 2.17. The normalized spacial score (nSPS) is 10.6. The number of hydrogen-bond acceptors (Lipinski definition) is 7. The highest BCUT2D eigenvalue weighted by atomic mass is 16.5. The zero-order chi connectivity index (χ0) is 24.1. The summed E-state index contributed by atoms with van der Waals surface area (Å²) in [5.41, 5.74) is 1.61. The summed E-state index contributed by atoms with van der Waals surface area (Å²) in [6.45, 7) is 4.66. The van der Waals surface area contributed by atoms with E-state index >= 15 is 0 Å². The second-order valence-corrected chi connectivity index (χ2v) is 6.96. The fourth-order valence-electron chi connectivity index (χ4n) is 2.74. The van der Waals surface area contributed by atoms with Crippen molar-refractivity contribution in [3.63, 3.8) is 0 Å². The number of unbranched alkanes of at least 4 members (excludes halogenated alkanes) is 1. The molecule has 2 aromatic rings. The Bertz CT molecular complexity index is 1040. The van der Waals surface area contributed by atoms with Crippen molar-refractivity contribution in [2.75, 3.05) is 18.5 Å². The number of nitriles is 1. The Morgan fingerprint density at radius 1 is 1.00 bits per heavy atom. The van der Waals surface area contributed by atoms with E-state index in [1.165, 1.54) is 6.20 Å². The Morgan fingerprint density at radius 2 is 1.73 bits per heavy atom. The van der Waals surface area contributed by atoms with Crippen LogP contribution in [-0.2, 0) is 20.8 Å². The predicted molar refractivity (Wildman–Crippen MR) is 123 cm³/mol. The zero-order valence-electron chi connectivity index (χ0n) is 18.7. The summed E-state index contributed by atoms with van der Waals surface area (Å²) >= 11 is 0. The lowest BCUT2D eigenvalue weighted by atomic mass is 10.1. The van der Waals surface area contributed by atoms with E-state index in [1.54, 1.807) is 55.5 Å². The van der Waals surface area contributed by atoms with Crippen molar-refractivity contribution in [1.29, 1.82) is 5.26 Å². The fraction of sp³-hybridized carbons (Fsp3) is 0.280. The lowest BCUT2D eigenvalue weighted by molar-refractivity contribution is -0.112. The number of carbonyl (C=O) groups is 3. The van der Waals surface area contributed by atoms with Gasteiger partial charge in [-0.25, -0.2) is 9.59 Å². The summed E-state index contributed by atoms with van der Waals surface area (Å²) in [6, 6.07) is 15.1. The van der Waals surface area contributed by atoms with Gasteiger partial charge in [-0.2, -0.15) is 5.26 Å². The first-order valence-corrected chi connectivity index (χ1v) is 10.7. The van der Waals surface area contributed by atoms with E-state index in [-0.39, 0.29) is 16.8 Å². The van der Waals surface area contributed by atoms with Crippen LogP contribution in [0.2, 0.25) is 0 Å². The maximum atomic E-state index is 12.6. The molecular formula is C25H27N3O5. The molecule has 0 saturated heterocycles. The molecule has 0 aromatic heterocycles. The van der Waals surface area contributed by atoms with Crippen LogP contribution in [-0.4, -0.2) is 31.1 Å². The molecule has 2 rings (SSSR count). The highest BCUT2D eigenvalue weighted by molar-refractivity contribution is 6.09.